The lowest BCUT2D eigenvalue weighted by atomic mass is 9.97. The van der Waals surface area contributed by atoms with Gasteiger partial charge in [0.05, 0.1) is 18.6 Å². The van der Waals surface area contributed by atoms with Gasteiger partial charge >= 0.3 is 0 Å². The molecule has 1 amide bonds. The van der Waals surface area contributed by atoms with Crippen molar-refractivity contribution in [2.45, 2.75) is 38.3 Å². The largest absolute Gasteiger partial charge is 0.376 e. The van der Waals surface area contributed by atoms with Crippen LogP contribution in [-0.4, -0.2) is 25.2 Å². The fourth-order valence-electron chi connectivity index (χ4n) is 3.06. The van der Waals surface area contributed by atoms with E-state index in [1.807, 2.05) is 24.0 Å². The molecule has 1 aromatic rings. The lowest BCUT2D eigenvalue weighted by Gasteiger charge is -2.20. The monoisotopic (exact) mass is 260 g/mol. The third-order valence-electron chi connectivity index (χ3n) is 4.10. The molecule has 2 aliphatic heterocycles. The summed E-state index contributed by atoms with van der Waals surface area (Å²) in [6.45, 7) is 3.54. The number of amides is 1. The molecule has 102 valence electrons. The van der Waals surface area contributed by atoms with Gasteiger partial charge in [0.2, 0.25) is 5.91 Å². The predicted octanol–water partition coefficient (Wildman–Crippen LogP) is 1.77. The highest BCUT2D eigenvalue weighted by atomic mass is 16.5. The van der Waals surface area contributed by atoms with Crippen molar-refractivity contribution in [3.8, 4) is 0 Å². The lowest BCUT2D eigenvalue weighted by Crippen LogP contribution is -2.26. The quantitative estimate of drug-likeness (QED) is 0.901. The van der Waals surface area contributed by atoms with Gasteiger partial charge < -0.3 is 15.4 Å². The summed E-state index contributed by atoms with van der Waals surface area (Å²) in [6.07, 6.45) is 2.73. The molecule has 2 aliphatic rings. The molecule has 4 nitrogen and oxygen atoms in total. The molecule has 0 aromatic heterocycles. The number of benzene rings is 1. The molecule has 0 aliphatic carbocycles. The highest BCUT2D eigenvalue weighted by Crippen LogP contribution is 2.33. The van der Waals surface area contributed by atoms with Crippen LogP contribution in [-0.2, 0) is 16.0 Å². The molecule has 0 bridgehead atoms. The van der Waals surface area contributed by atoms with Crippen molar-refractivity contribution in [3.63, 3.8) is 0 Å². The molecule has 2 N–H and O–H groups in total. The van der Waals surface area contributed by atoms with Crippen molar-refractivity contribution >= 4 is 11.6 Å². The van der Waals surface area contributed by atoms with E-state index < -0.39 is 0 Å². The van der Waals surface area contributed by atoms with E-state index >= 15 is 0 Å². The SMILES string of the molecule is CCN1C(=O)Cc2cc(C(N)C3CCCO3)ccc21. The first kappa shape index (κ1) is 12.6. The van der Waals surface area contributed by atoms with Crippen molar-refractivity contribution in [2.24, 2.45) is 5.73 Å². The zero-order chi connectivity index (χ0) is 13.4. The number of carbonyl (C=O) groups is 1. The Morgan fingerprint density at radius 3 is 3.05 bits per heavy atom. The van der Waals surface area contributed by atoms with E-state index in [1.165, 1.54) is 0 Å². The summed E-state index contributed by atoms with van der Waals surface area (Å²) in [4.78, 5) is 13.7. The lowest BCUT2D eigenvalue weighted by molar-refractivity contribution is -0.117. The molecule has 0 saturated carbocycles. The molecule has 4 heteroatoms. The average molecular weight is 260 g/mol. The van der Waals surface area contributed by atoms with Gasteiger partial charge in [0.15, 0.2) is 0 Å². The number of hydrogen-bond donors (Lipinski definition) is 1. The fraction of sp³-hybridized carbons (Fsp3) is 0.533. The minimum atomic E-state index is -0.0846. The van der Waals surface area contributed by atoms with E-state index in [0.29, 0.717) is 6.42 Å². The number of hydrogen-bond acceptors (Lipinski definition) is 3. The number of anilines is 1. The molecule has 0 spiro atoms. The van der Waals surface area contributed by atoms with E-state index in [1.54, 1.807) is 0 Å². The van der Waals surface area contributed by atoms with Crippen LogP contribution in [0.2, 0.25) is 0 Å². The molecule has 3 rings (SSSR count). The second-order valence-corrected chi connectivity index (χ2v) is 5.28. The van der Waals surface area contributed by atoms with Crippen LogP contribution in [0.15, 0.2) is 18.2 Å². The van der Waals surface area contributed by atoms with E-state index in [0.717, 1.165) is 42.8 Å². The number of carbonyl (C=O) groups excluding carboxylic acids is 1. The van der Waals surface area contributed by atoms with Crippen LogP contribution < -0.4 is 10.6 Å². The second-order valence-electron chi connectivity index (χ2n) is 5.28. The Balaban J connectivity index is 1.86. The van der Waals surface area contributed by atoms with Gasteiger partial charge in [0, 0.05) is 18.8 Å². The third-order valence-corrected chi connectivity index (χ3v) is 4.10. The molecule has 2 heterocycles. The second kappa shape index (κ2) is 4.94. The van der Waals surface area contributed by atoms with Gasteiger partial charge in [0.1, 0.15) is 0 Å². The number of rotatable bonds is 3. The normalized spacial score (nSPS) is 23.8. The van der Waals surface area contributed by atoms with Crippen LogP contribution in [0, 0.1) is 0 Å². The Morgan fingerprint density at radius 1 is 1.53 bits per heavy atom. The van der Waals surface area contributed by atoms with Crippen LogP contribution in [0.3, 0.4) is 0 Å². The Labute approximate surface area is 113 Å². The smallest absolute Gasteiger partial charge is 0.231 e. The molecule has 2 unspecified atom stereocenters. The number of nitrogens with two attached hydrogens (primary N) is 1. The number of ether oxygens (including phenoxy) is 1. The summed E-state index contributed by atoms with van der Waals surface area (Å²) in [5, 5.41) is 0. The molecule has 1 saturated heterocycles. The maximum atomic E-state index is 11.9. The molecule has 2 atom stereocenters. The molecule has 19 heavy (non-hydrogen) atoms. The van der Waals surface area contributed by atoms with E-state index in [2.05, 4.69) is 6.07 Å². The van der Waals surface area contributed by atoms with Crippen molar-refractivity contribution in [1.29, 1.82) is 0 Å². The molecule has 1 aromatic carbocycles. The fourth-order valence-corrected chi connectivity index (χ4v) is 3.06. The minimum absolute atomic E-state index is 0.0846. The van der Waals surface area contributed by atoms with Gasteiger partial charge in [-0.15, -0.1) is 0 Å². The van der Waals surface area contributed by atoms with Crippen molar-refractivity contribution in [3.05, 3.63) is 29.3 Å². The summed E-state index contributed by atoms with van der Waals surface area (Å²) in [5.41, 5.74) is 9.49. The van der Waals surface area contributed by atoms with Gasteiger partial charge in [-0.1, -0.05) is 12.1 Å². The van der Waals surface area contributed by atoms with Crippen molar-refractivity contribution in [2.75, 3.05) is 18.1 Å². The number of nitrogens with zero attached hydrogens (tertiary/aromatic N) is 1. The Kier molecular flexibility index (Phi) is 3.29. The standard InChI is InChI=1S/C15H20N2O2/c1-2-17-12-6-5-10(8-11(12)9-14(17)18)15(16)13-4-3-7-19-13/h5-6,8,13,15H,2-4,7,9,16H2,1H3. The summed E-state index contributed by atoms with van der Waals surface area (Å²) in [6, 6.07) is 6.05. The molecular formula is C15H20N2O2. The topological polar surface area (TPSA) is 55.6 Å². The summed E-state index contributed by atoms with van der Waals surface area (Å²) in [5.74, 6) is 0.181. The molecule has 0 radical (unpaired) electrons. The average Bonchev–Trinajstić information content (AvgIpc) is 3.03. The summed E-state index contributed by atoms with van der Waals surface area (Å²) >= 11 is 0. The van der Waals surface area contributed by atoms with Gasteiger partial charge in [-0.05, 0) is 37.0 Å². The van der Waals surface area contributed by atoms with Crippen LogP contribution >= 0.6 is 0 Å². The highest BCUT2D eigenvalue weighted by Gasteiger charge is 2.29. The van der Waals surface area contributed by atoms with Crippen LogP contribution in [0.4, 0.5) is 5.69 Å². The summed E-state index contributed by atoms with van der Waals surface area (Å²) in [7, 11) is 0. The van der Waals surface area contributed by atoms with E-state index in [4.69, 9.17) is 10.5 Å². The van der Waals surface area contributed by atoms with E-state index in [-0.39, 0.29) is 18.1 Å². The van der Waals surface area contributed by atoms with Gasteiger partial charge in [0.25, 0.3) is 0 Å². The highest BCUT2D eigenvalue weighted by molar-refractivity contribution is 6.01. The Hall–Kier alpha value is -1.39. The van der Waals surface area contributed by atoms with Gasteiger partial charge in [-0.2, -0.15) is 0 Å². The number of fused-ring (bicyclic) bond motifs is 1. The van der Waals surface area contributed by atoms with Gasteiger partial charge in [-0.3, -0.25) is 4.79 Å². The third kappa shape index (κ3) is 2.15. The molecule has 1 fully saturated rings. The maximum absolute atomic E-state index is 11.9. The van der Waals surface area contributed by atoms with Gasteiger partial charge in [-0.25, -0.2) is 0 Å². The maximum Gasteiger partial charge on any atom is 0.231 e. The van der Waals surface area contributed by atoms with Crippen molar-refractivity contribution in [1.82, 2.24) is 0 Å². The first-order valence-electron chi connectivity index (χ1n) is 7.01. The first-order valence-corrected chi connectivity index (χ1v) is 7.01. The van der Waals surface area contributed by atoms with Crippen LogP contribution in [0.1, 0.15) is 36.9 Å². The van der Waals surface area contributed by atoms with E-state index in [9.17, 15) is 4.79 Å². The van der Waals surface area contributed by atoms with Crippen LogP contribution in [0.25, 0.3) is 0 Å². The summed E-state index contributed by atoms with van der Waals surface area (Å²) < 4.78 is 5.65. The zero-order valence-corrected chi connectivity index (χ0v) is 11.3. The van der Waals surface area contributed by atoms with Crippen molar-refractivity contribution < 1.29 is 9.53 Å². The Bertz CT molecular complexity index is 495. The zero-order valence-electron chi connectivity index (χ0n) is 11.3. The van der Waals surface area contributed by atoms with Crippen LogP contribution in [0.5, 0.6) is 0 Å². The minimum Gasteiger partial charge on any atom is -0.376 e. The number of likely N-dealkylation sites (N-methyl/N-ethyl adjacent to an activating group) is 1. The first-order chi connectivity index (χ1) is 9.20. The Morgan fingerprint density at radius 2 is 2.37 bits per heavy atom. The molecular weight excluding hydrogens is 240 g/mol. The predicted molar refractivity (Wildman–Crippen MR) is 74.1 cm³/mol.